The van der Waals surface area contributed by atoms with Crippen LogP contribution < -0.4 is 5.32 Å². The number of rotatable bonds is 11. The predicted molar refractivity (Wildman–Crippen MR) is 121 cm³/mol. The Morgan fingerprint density at radius 2 is 1.90 bits per heavy atom. The van der Waals surface area contributed by atoms with E-state index in [1.807, 2.05) is 4.90 Å². The van der Waals surface area contributed by atoms with E-state index in [2.05, 4.69) is 24.1 Å². The summed E-state index contributed by atoms with van der Waals surface area (Å²) in [5, 5.41) is 5.85. The number of amides is 3. The molecule has 2 aromatic rings. The molecule has 0 saturated heterocycles. The maximum atomic E-state index is 12.8. The van der Waals surface area contributed by atoms with E-state index >= 15 is 0 Å². The quantitative estimate of drug-likeness (QED) is 0.534. The summed E-state index contributed by atoms with van der Waals surface area (Å²) < 4.78 is 5.14. The number of thiazole rings is 1. The van der Waals surface area contributed by atoms with Crippen LogP contribution in [0.4, 0.5) is 10.5 Å². The second-order valence-electron chi connectivity index (χ2n) is 6.77. The van der Waals surface area contributed by atoms with Gasteiger partial charge in [-0.3, -0.25) is 4.79 Å². The summed E-state index contributed by atoms with van der Waals surface area (Å²) in [7, 11) is 1.59. The third-order valence-corrected chi connectivity index (χ3v) is 5.37. The smallest absolute Gasteiger partial charge is 0.322 e. The van der Waals surface area contributed by atoms with Gasteiger partial charge in [0.2, 0.25) is 0 Å². The highest BCUT2D eigenvalue weighted by Gasteiger charge is 2.20. The molecule has 0 saturated carbocycles. The Morgan fingerprint density at radius 3 is 2.53 bits per heavy atom. The number of anilines is 1. The number of carbonyl (C=O) groups excluding carboxylic acids is 2. The first-order valence-electron chi connectivity index (χ1n) is 10.0. The lowest BCUT2D eigenvalue weighted by molar-refractivity contribution is 0.0750. The fourth-order valence-electron chi connectivity index (χ4n) is 2.88. The zero-order valence-electron chi connectivity index (χ0n) is 17.7. The van der Waals surface area contributed by atoms with Crippen LogP contribution in [0.2, 0.25) is 5.02 Å². The van der Waals surface area contributed by atoms with Gasteiger partial charge in [-0.2, -0.15) is 0 Å². The second kappa shape index (κ2) is 12.5. The molecule has 0 aliphatic carbocycles. The van der Waals surface area contributed by atoms with Crippen molar-refractivity contribution >= 4 is 40.6 Å². The average molecular weight is 453 g/mol. The highest BCUT2D eigenvalue weighted by atomic mass is 35.5. The van der Waals surface area contributed by atoms with E-state index in [9.17, 15) is 9.59 Å². The number of halogens is 1. The third kappa shape index (κ3) is 7.27. The van der Waals surface area contributed by atoms with E-state index in [0.717, 1.165) is 12.8 Å². The molecule has 0 spiro atoms. The Bertz CT molecular complexity index is 824. The van der Waals surface area contributed by atoms with Crippen LogP contribution in [0.25, 0.3) is 0 Å². The summed E-state index contributed by atoms with van der Waals surface area (Å²) >= 11 is 7.37. The van der Waals surface area contributed by atoms with Crippen LogP contribution in [0.5, 0.6) is 0 Å². The molecule has 0 bridgehead atoms. The highest BCUT2D eigenvalue weighted by Crippen LogP contribution is 2.18. The van der Waals surface area contributed by atoms with Crippen LogP contribution in [-0.2, 0) is 11.3 Å². The van der Waals surface area contributed by atoms with Gasteiger partial charge in [-0.05, 0) is 31.0 Å². The molecule has 0 radical (unpaired) electrons. The number of urea groups is 1. The van der Waals surface area contributed by atoms with Gasteiger partial charge in [-0.1, -0.05) is 31.5 Å². The van der Waals surface area contributed by atoms with Crippen molar-refractivity contribution in [2.75, 3.05) is 38.7 Å². The minimum Gasteiger partial charge on any atom is -0.383 e. The number of nitrogens with one attached hydrogen (secondary N) is 1. The van der Waals surface area contributed by atoms with Gasteiger partial charge in [0.05, 0.1) is 13.2 Å². The Balaban J connectivity index is 2.09. The van der Waals surface area contributed by atoms with E-state index in [4.69, 9.17) is 16.3 Å². The highest BCUT2D eigenvalue weighted by molar-refractivity contribution is 7.09. The van der Waals surface area contributed by atoms with Crippen LogP contribution in [-0.4, -0.2) is 60.1 Å². The molecule has 1 heterocycles. The summed E-state index contributed by atoms with van der Waals surface area (Å²) in [5.74, 6) is -0.0620. The van der Waals surface area contributed by atoms with Gasteiger partial charge in [0.25, 0.3) is 5.91 Å². The van der Waals surface area contributed by atoms with Crippen molar-refractivity contribution in [3.05, 3.63) is 45.4 Å². The van der Waals surface area contributed by atoms with E-state index in [-0.39, 0.29) is 18.5 Å². The lowest BCUT2D eigenvalue weighted by Gasteiger charge is -2.22. The molecule has 2 rings (SSSR count). The molecule has 3 amide bonds. The summed E-state index contributed by atoms with van der Waals surface area (Å²) in [6, 6.07) is 6.69. The first-order valence-corrected chi connectivity index (χ1v) is 11.3. The lowest BCUT2D eigenvalue weighted by atomic mass is 10.3. The van der Waals surface area contributed by atoms with Crippen molar-refractivity contribution in [1.29, 1.82) is 0 Å². The second-order valence-corrected chi connectivity index (χ2v) is 8.15. The first kappa shape index (κ1) is 24.1. The Morgan fingerprint density at radius 1 is 1.17 bits per heavy atom. The van der Waals surface area contributed by atoms with Crippen molar-refractivity contribution in [3.8, 4) is 0 Å². The Labute approximate surface area is 187 Å². The molecule has 0 fully saturated rings. The van der Waals surface area contributed by atoms with Crippen molar-refractivity contribution in [1.82, 2.24) is 14.8 Å². The monoisotopic (exact) mass is 452 g/mol. The summed E-state index contributed by atoms with van der Waals surface area (Å²) in [4.78, 5) is 33.4. The third-order valence-electron chi connectivity index (χ3n) is 4.30. The molecular formula is C21H29ClN4O3S. The number of hydrogen-bond donors (Lipinski definition) is 1. The minimum absolute atomic E-state index is 0.0620. The van der Waals surface area contributed by atoms with Crippen molar-refractivity contribution < 1.29 is 14.3 Å². The van der Waals surface area contributed by atoms with Crippen LogP contribution in [0.15, 0.2) is 29.6 Å². The van der Waals surface area contributed by atoms with Gasteiger partial charge in [0.1, 0.15) is 10.7 Å². The van der Waals surface area contributed by atoms with Crippen LogP contribution in [0, 0.1) is 0 Å². The summed E-state index contributed by atoms with van der Waals surface area (Å²) in [5.41, 5.74) is 1.04. The van der Waals surface area contributed by atoms with E-state index < -0.39 is 0 Å². The van der Waals surface area contributed by atoms with Crippen molar-refractivity contribution in [2.24, 2.45) is 0 Å². The number of methoxy groups -OCH3 is 1. The zero-order valence-corrected chi connectivity index (χ0v) is 19.3. The standard InChI is InChI=1S/C21H29ClN4O3S/c1-4-9-25(10-5-2)20(27)18-15-30-19(24-18)14-26(11-12-29-3)21(28)23-17-8-6-7-16(22)13-17/h6-8,13,15H,4-5,9-12,14H2,1-3H3,(H,23,28). The average Bonchev–Trinajstić information content (AvgIpc) is 3.19. The molecule has 0 aliphatic rings. The molecule has 1 aromatic heterocycles. The fourth-order valence-corrected chi connectivity index (χ4v) is 3.86. The van der Waals surface area contributed by atoms with Gasteiger partial charge in [0.15, 0.2) is 0 Å². The molecule has 7 nitrogen and oxygen atoms in total. The van der Waals surface area contributed by atoms with Crippen LogP contribution >= 0.6 is 22.9 Å². The van der Waals surface area contributed by atoms with Gasteiger partial charge >= 0.3 is 6.03 Å². The topological polar surface area (TPSA) is 74.8 Å². The zero-order chi connectivity index (χ0) is 21.9. The SMILES string of the molecule is CCCN(CCC)C(=O)c1csc(CN(CCOC)C(=O)Nc2cccc(Cl)c2)n1. The minimum atomic E-state index is -0.281. The molecule has 30 heavy (non-hydrogen) atoms. The number of carbonyl (C=O) groups is 2. The number of hydrogen-bond acceptors (Lipinski definition) is 5. The number of aromatic nitrogens is 1. The maximum Gasteiger partial charge on any atom is 0.322 e. The number of nitrogens with zero attached hydrogens (tertiary/aromatic N) is 3. The molecule has 0 aliphatic heterocycles. The molecule has 0 unspecified atom stereocenters. The first-order chi connectivity index (χ1) is 14.5. The largest absolute Gasteiger partial charge is 0.383 e. The molecule has 9 heteroatoms. The maximum absolute atomic E-state index is 12.8. The van der Waals surface area contributed by atoms with Gasteiger partial charge < -0.3 is 19.9 Å². The normalized spacial score (nSPS) is 10.7. The van der Waals surface area contributed by atoms with E-state index in [0.29, 0.717) is 47.7 Å². The van der Waals surface area contributed by atoms with Gasteiger partial charge in [-0.25, -0.2) is 9.78 Å². The van der Waals surface area contributed by atoms with Crippen molar-refractivity contribution in [3.63, 3.8) is 0 Å². The molecule has 164 valence electrons. The molecule has 1 aromatic carbocycles. The number of ether oxygens (including phenoxy) is 1. The van der Waals surface area contributed by atoms with Gasteiger partial charge in [-0.15, -0.1) is 11.3 Å². The van der Waals surface area contributed by atoms with E-state index in [1.54, 1.807) is 41.7 Å². The van der Waals surface area contributed by atoms with E-state index in [1.165, 1.54) is 11.3 Å². The van der Waals surface area contributed by atoms with Crippen LogP contribution in [0.1, 0.15) is 42.2 Å². The van der Waals surface area contributed by atoms with Crippen LogP contribution in [0.3, 0.4) is 0 Å². The lowest BCUT2D eigenvalue weighted by Crippen LogP contribution is -2.37. The fraction of sp³-hybridized carbons (Fsp3) is 0.476. The molecule has 1 N–H and O–H groups in total. The van der Waals surface area contributed by atoms with Crippen molar-refractivity contribution in [2.45, 2.75) is 33.2 Å². The Hall–Kier alpha value is -2.16. The summed E-state index contributed by atoms with van der Waals surface area (Å²) in [6.45, 7) is 6.59. The Kier molecular flexibility index (Phi) is 10.1. The summed E-state index contributed by atoms with van der Waals surface area (Å²) in [6.07, 6.45) is 1.80. The van der Waals surface area contributed by atoms with Gasteiger partial charge in [0, 0.05) is 42.8 Å². The predicted octanol–water partition coefficient (Wildman–Crippen LogP) is 4.74. The molecular weight excluding hydrogens is 424 g/mol. The number of benzene rings is 1. The molecule has 0 atom stereocenters.